The van der Waals surface area contributed by atoms with Gasteiger partial charge >= 0.3 is 12.1 Å². The second-order valence-electron chi connectivity index (χ2n) is 7.79. The third-order valence-electron chi connectivity index (χ3n) is 5.52. The van der Waals surface area contributed by atoms with E-state index in [0.717, 1.165) is 10.9 Å². The summed E-state index contributed by atoms with van der Waals surface area (Å²) in [6, 6.07) is 8.05. The molecule has 0 saturated carbocycles. The number of esters is 1. The summed E-state index contributed by atoms with van der Waals surface area (Å²) in [4.78, 5) is 11.8. The zero-order chi connectivity index (χ0) is 24.5. The molecule has 180 valence electrons. The summed E-state index contributed by atoms with van der Waals surface area (Å²) in [6.07, 6.45) is -0.976. The highest BCUT2D eigenvalue weighted by Crippen LogP contribution is 2.38. The molecule has 4 rings (SSSR count). The Balaban J connectivity index is 1.48. The number of methoxy groups -OCH3 is 1. The molecule has 4 aromatic rings. The van der Waals surface area contributed by atoms with Crippen LogP contribution in [0.15, 0.2) is 41.1 Å². The van der Waals surface area contributed by atoms with Gasteiger partial charge in [-0.1, -0.05) is 30.1 Å². The fraction of sp³-hybridized carbons (Fsp3) is 0.333. The lowest BCUT2D eigenvalue weighted by Crippen LogP contribution is -2.07. The molecule has 0 fully saturated rings. The van der Waals surface area contributed by atoms with E-state index in [9.17, 15) is 18.0 Å². The van der Waals surface area contributed by atoms with Crippen LogP contribution in [0.5, 0.6) is 5.75 Å². The molecular formula is C24H22ClF3N2O4. The van der Waals surface area contributed by atoms with Gasteiger partial charge in [-0.15, -0.1) is 0 Å². The van der Waals surface area contributed by atoms with Crippen molar-refractivity contribution in [1.29, 1.82) is 0 Å². The number of aromatic nitrogens is 2. The van der Waals surface area contributed by atoms with Crippen molar-refractivity contribution in [2.45, 2.75) is 38.9 Å². The molecule has 0 N–H and O–H groups in total. The number of benzene rings is 2. The van der Waals surface area contributed by atoms with Gasteiger partial charge < -0.3 is 18.6 Å². The molecule has 0 bridgehead atoms. The summed E-state index contributed by atoms with van der Waals surface area (Å²) in [5.74, 6) is 0.0467. The van der Waals surface area contributed by atoms with Gasteiger partial charge in [0.15, 0.2) is 11.3 Å². The van der Waals surface area contributed by atoms with Gasteiger partial charge in [0, 0.05) is 29.2 Å². The highest BCUT2D eigenvalue weighted by Gasteiger charge is 2.37. The molecule has 0 aliphatic rings. The Morgan fingerprint density at radius 1 is 1.21 bits per heavy atom. The number of nitrogens with zero attached hydrogens (tertiary/aromatic N) is 2. The van der Waals surface area contributed by atoms with Crippen molar-refractivity contribution in [1.82, 2.24) is 9.72 Å². The highest BCUT2D eigenvalue weighted by atomic mass is 35.5. The Morgan fingerprint density at radius 3 is 2.71 bits per heavy atom. The molecular weight excluding hydrogens is 473 g/mol. The largest absolute Gasteiger partial charge is 0.493 e. The lowest BCUT2D eigenvalue weighted by atomic mass is 10.0. The van der Waals surface area contributed by atoms with Crippen molar-refractivity contribution in [3.05, 3.63) is 58.4 Å². The van der Waals surface area contributed by atoms with E-state index in [1.165, 1.54) is 19.2 Å². The first kappa shape index (κ1) is 23.9. The number of halogens is 4. The summed E-state index contributed by atoms with van der Waals surface area (Å²) < 4.78 is 57.2. The van der Waals surface area contributed by atoms with Crippen molar-refractivity contribution < 1.29 is 32.0 Å². The average molecular weight is 495 g/mol. The number of rotatable bonds is 8. The van der Waals surface area contributed by atoms with Crippen LogP contribution < -0.4 is 4.74 Å². The topological polar surface area (TPSA) is 66.5 Å². The SMILES string of the molecule is CCCc1c(OCCCn2cc(Cl)c3cc(C(=O)OC)ccc32)ccc2c(C(F)(F)F)noc12. The van der Waals surface area contributed by atoms with E-state index < -0.39 is 17.8 Å². The van der Waals surface area contributed by atoms with Gasteiger partial charge in [-0.2, -0.15) is 13.2 Å². The molecule has 10 heteroatoms. The number of alkyl halides is 3. The highest BCUT2D eigenvalue weighted by molar-refractivity contribution is 6.35. The zero-order valence-electron chi connectivity index (χ0n) is 18.5. The van der Waals surface area contributed by atoms with Crippen molar-refractivity contribution >= 4 is 39.4 Å². The summed E-state index contributed by atoms with van der Waals surface area (Å²) in [7, 11) is 1.32. The van der Waals surface area contributed by atoms with Crippen LogP contribution in [0.2, 0.25) is 5.02 Å². The van der Waals surface area contributed by atoms with Crippen LogP contribution in [0.3, 0.4) is 0 Å². The Labute approximate surface area is 198 Å². The van der Waals surface area contributed by atoms with Crippen LogP contribution in [0, 0.1) is 0 Å². The molecule has 0 aliphatic carbocycles. The molecule has 2 aromatic heterocycles. The van der Waals surface area contributed by atoms with Gasteiger partial charge in [0.05, 0.1) is 29.7 Å². The van der Waals surface area contributed by atoms with E-state index in [1.54, 1.807) is 18.3 Å². The van der Waals surface area contributed by atoms with Crippen molar-refractivity contribution in [2.24, 2.45) is 0 Å². The maximum Gasteiger partial charge on any atom is 0.437 e. The fourth-order valence-corrected chi connectivity index (χ4v) is 4.24. The Bertz CT molecular complexity index is 1340. The summed E-state index contributed by atoms with van der Waals surface area (Å²) >= 11 is 6.35. The minimum Gasteiger partial charge on any atom is -0.493 e. The van der Waals surface area contributed by atoms with Crippen LogP contribution in [-0.4, -0.2) is 29.4 Å². The first-order valence-corrected chi connectivity index (χ1v) is 11.1. The predicted molar refractivity (Wildman–Crippen MR) is 121 cm³/mol. The Kier molecular flexibility index (Phi) is 6.74. The van der Waals surface area contributed by atoms with E-state index in [0.29, 0.717) is 54.3 Å². The monoisotopic (exact) mass is 494 g/mol. The molecule has 0 aliphatic heterocycles. The fourth-order valence-electron chi connectivity index (χ4n) is 3.97. The van der Waals surface area contributed by atoms with Crippen LogP contribution in [-0.2, 0) is 23.9 Å². The lowest BCUT2D eigenvalue weighted by Gasteiger charge is -2.12. The van der Waals surface area contributed by atoms with E-state index >= 15 is 0 Å². The minimum absolute atomic E-state index is 0.0666. The van der Waals surface area contributed by atoms with Crippen LogP contribution in [0.25, 0.3) is 21.9 Å². The number of aryl methyl sites for hydroxylation is 2. The third kappa shape index (κ3) is 4.57. The van der Waals surface area contributed by atoms with Crippen molar-refractivity contribution in [2.75, 3.05) is 13.7 Å². The lowest BCUT2D eigenvalue weighted by molar-refractivity contribution is -0.141. The van der Waals surface area contributed by atoms with Gasteiger partial charge in [0.25, 0.3) is 0 Å². The molecule has 0 amide bonds. The number of fused-ring (bicyclic) bond motifs is 2. The standard InChI is InChI=1S/C24H22ClF3N2O4/c1-3-5-15-20(9-7-16-21(15)34-29-22(16)24(26,27)28)33-11-4-10-30-13-18(25)17-12-14(23(31)32-2)6-8-19(17)30/h6-9,12-13H,3-5,10-11H2,1-2H3. The second kappa shape index (κ2) is 9.58. The molecule has 0 atom stereocenters. The van der Waals surface area contributed by atoms with Crippen molar-refractivity contribution in [3.63, 3.8) is 0 Å². The molecule has 0 radical (unpaired) electrons. The summed E-state index contributed by atoms with van der Waals surface area (Å²) in [5.41, 5.74) is 0.937. The summed E-state index contributed by atoms with van der Waals surface area (Å²) in [5, 5.41) is 4.43. The van der Waals surface area contributed by atoms with E-state index in [1.807, 2.05) is 17.6 Å². The Hall–Kier alpha value is -3.20. The van der Waals surface area contributed by atoms with Gasteiger partial charge in [-0.3, -0.25) is 0 Å². The van der Waals surface area contributed by atoms with Gasteiger partial charge in [-0.25, -0.2) is 4.79 Å². The van der Waals surface area contributed by atoms with Gasteiger partial charge in [0.1, 0.15) is 5.75 Å². The normalized spacial score (nSPS) is 11.9. The molecule has 2 aromatic carbocycles. The number of ether oxygens (including phenoxy) is 2. The number of carbonyl (C=O) groups is 1. The van der Waals surface area contributed by atoms with E-state index in [4.69, 9.17) is 25.6 Å². The first-order chi connectivity index (χ1) is 16.2. The van der Waals surface area contributed by atoms with Gasteiger partial charge in [0.2, 0.25) is 0 Å². The number of carbonyl (C=O) groups excluding carboxylic acids is 1. The van der Waals surface area contributed by atoms with E-state index in [2.05, 4.69) is 5.16 Å². The molecule has 6 nitrogen and oxygen atoms in total. The number of hydrogen-bond acceptors (Lipinski definition) is 5. The molecule has 0 spiro atoms. The van der Waals surface area contributed by atoms with Crippen LogP contribution in [0.1, 0.15) is 41.4 Å². The molecule has 34 heavy (non-hydrogen) atoms. The molecule has 0 unspecified atom stereocenters. The smallest absolute Gasteiger partial charge is 0.437 e. The van der Waals surface area contributed by atoms with Crippen LogP contribution in [0.4, 0.5) is 13.2 Å². The third-order valence-corrected chi connectivity index (χ3v) is 5.83. The van der Waals surface area contributed by atoms with Crippen molar-refractivity contribution in [3.8, 4) is 5.75 Å². The number of hydrogen-bond donors (Lipinski definition) is 0. The van der Waals surface area contributed by atoms with Crippen LogP contribution >= 0.6 is 11.6 Å². The predicted octanol–water partition coefficient (Wildman–Crippen LogP) is 6.66. The maximum atomic E-state index is 13.2. The zero-order valence-corrected chi connectivity index (χ0v) is 19.3. The average Bonchev–Trinajstić information content (AvgIpc) is 3.38. The quantitative estimate of drug-likeness (QED) is 0.202. The second-order valence-corrected chi connectivity index (χ2v) is 8.20. The van der Waals surface area contributed by atoms with Gasteiger partial charge in [-0.05, 0) is 43.2 Å². The van der Waals surface area contributed by atoms with E-state index in [-0.39, 0.29) is 11.0 Å². The molecule has 2 heterocycles. The Morgan fingerprint density at radius 2 is 2.00 bits per heavy atom. The first-order valence-electron chi connectivity index (χ1n) is 10.7. The maximum absolute atomic E-state index is 13.2. The molecule has 0 saturated heterocycles. The summed E-state index contributed by atoms with van der Waals surface area (Å²) in [6.45, 7) is 2.85. The minimum atomic E-state index is -4.59.